The Hall–Kier alpha value is -5.56. The van der Waals surface area contributed by atoms with E-state index in [2.05, 4.69) is 42.7 Å². The lowest BCUT2D eigenvalue weighted by atomic mass is 9.87. The molecule has 61 heavy (non-hydrogen) atoms. The van der Waals surface area contributed by atoms with Gasteiger partial charge in [0.1, 0.15) is 30.5 Å². The van der Waals surface area contributed by atoms with Gasteiger partial charge in [0.05, 0.1) is 12.1 Å². The number of benzene rings is 3. The topological polar surface area (TPSA) is 177 Å². The van der Waals surface area contributed by atoms with Gasteiger partial charge in [-0.2, -0.15) is 0 Å². The number of rotatable bonds is 18. The quantitative estimate of drug-likeness (QED) is 0.0745. The zero-order valence-electron chi connectivity index (χ0n) is 36.6. The molecule has 0 radical (unpaired) electrons. The molecule has 4 N–H and O–H groups in total. The number of Topliss-reactive ketones (excluding diaryl/α,β-unsaturated/α-hetero) is 1. The van der Waals surface area contributed by atoms with E-state index in [0.29, 0.717) is 80.5 Å². The number of esters is 1. The molecule has 13 heteroatoms. The predicted molar refractivity (Wildman–Crippen MR) is 234 cm³/mol. The molecule has 4 amide bonds. The van der Waals surface area contributed by atoms with Gasteiger partial charge in [-0.05, 0) is 124 Å². The maximum Gasteiger partial charge on any atom is 0.329 e. The summed E-state index contributed by atoms with van der Waals surface area (Å²) >= 11 is 0. The molecule has 0 spiro atoms. The number of carbonyl (C=O) groups is 6. The number of anilines is 1. The van der Waals surface area contributed by atoms with Gasteiger partial charge in [0.2, 0.25) is 17.6 Å². The fourth-order valence-corrected chi connectivity index (χ4v) is 8.12. The number of ketones is 1. The highest BCUT2D eigenvalue weighted by Gasteiger charge is 2.43. The smallest absolute Gasteiger partial charge is 0.329 e. The minimum Gasteiger partial charge on any atom is -0.492 e. The van der Waals surface area contributed by atoms with Crippen LogP contribution in [0, 0.1) is 19.8 Å². The van der Waals surface area contributed by atoms with Crippen LogP contribution in [0.4, 0.5) is 5.69 Å². The third-order valence-corrected chi connectivity index (χ3v) is 12.4. The summed E-state index contributed by atoms with van der Waals surface area (Å²) in [4.78, 5) is 82.3. The summed E-state index contributed by atoms with van der Waals surface area (Å²) in [6.07, 6.45) is 4.24. The lowest BCUT2D eigenvalue weighted by Crippen LogP contribution is -2.58. The highest BCUT2D eigenvalue weighted by atomic mass is 16.5. The molecule has 4 atom stereocenters. The average molecular weight is 838 g/mol. The van der Waals surface area contributed by atoms with Crippen molar-refractivity contribution in [2.75, 3.05) is 31.6 Å². The molecular weight excluding hydrogens is 775 g/mol. The van der Waals surface area contributed by atoms with Crippen molar-refractivity contribution in [3.05, 3.63) is 94.5 Å². The van der Waals surface area contributed by atoms with E-state index in [9.17, 15) is 28.8 Å². The maximum atomic E-state index is 14.0. The minimum absolute atomic E-state index is 0.136. The number of amides is 4. The summed E-state index contributed by atoms with van der Waals surface area (Å²) in [5, 5.41) is 5.74. The van der Waals surface area contributed by atoms with Crippen molar-refractivity contribution in [2.24, 2.45) is 11.7 Å². The number of hydrogen-bond acceptors (Lipinski definition) is 9. The molecule has 0 aromatic heterocycles. The van der Waals surface area contributed by atoms with Crippen molar-refractivity contribution in [3.8, 4) is 5.75 Å². The largest absolute Gasteiger partial charge is 0.492 e. The van der Waals surface area contributed by atoms with Gasteiger partial charge in [0, 0.05) is 31.3 Å². The summed E-state index contributed by atoms with van der Waals surface area (Å²) < 4.78 is 12.3. The normalized spacial score (nSPS) is 18.2. The third-order valence-electron chi connectivity index (χ3n) is 12.4. The lowest BCUT2D eigenvalue weighted by molar-refractivity contribution is -0.164. The predicted octanol–water partition coefficient (Wildman–Crippen LogP) is 6.38. The van der Waals surface area contributed by atoms with Crippen molar-refractivity contribution < 1.29 is 38.2 Å². The van der Waals surface area contributed by atoms with Crippen LogP contribution in [0.3, 0.4) is 0 Å². The number of likely N-dealkylation sites (tertiary alicyclic amines) is 2. The van der Waals surface area contributed by atoms with E-state index in [1.165, 1.54) is 17.4 Å². The van der Waals surface area contributed by atoms with Crippen LogP contribution in [-0.4, -0.2) is 89.0 Å². The maximum absolute atomic E-state index is 14.0. The van der Waals surface area contributed by atoms with Gasteiger partial charge in [-0.3, -0.25) is 24.0 Å². The van der Waals surface area contributed by atoms with Gasteiger partial charge in [-0.15, -0.1) is 0 Å². The van der Waals surface area contributed by atoms with Crippen LogP contribution >= 0.6 is 0 Å². The molecule has 0 bridgehead atoms. The highest BCUT2D eigenvalue weighted by Crippen LogP contribution is 2.31. The molecule has 2 aliphatic heterocycles. The number of piperidine rings is 1. The number of nitrogens with zero attached hydrogens (tertiary/aromatic N) is 2. The minimum atomic E-state index is -1.29. The standard InChI is InChI=1S/C48H63N5O8/c1-7-34-27-41(53(30-34)33(6)54)45(57)51-38-16-12-15-37(28-38)44(56)50-23-25-60-39-17-13-14-36(29-39)42(22-21-35-20-19-31(4)32(5)26-35)61-47(59)40-18-10-11-24-52(40)46(58)43(55)48(49,8-2)9-3/h12-17,19-20,26,28-29,34,40-42H,7-11,18,21-25,27,30,49H2,1-6H3,(H,50,56)(H,51,57). The summed E-state index contributed by atoms with van der Waals surface area (Å²) in [7, 11) is 0. The van der Waals surface area contributed by atoms with Crippen molar-refractivity contribution >= 4 is 41.1 Å². The molecule has 4 unspecified atom stereocenters. The number of nitrogens with one attached hydrogen (secondary N) is 2. The first-order valence-electron chi connectivity index (χ1n) is 21.8. The monoisotopic (exact) mass is 837 g/mol. The van der Waals surface area contributed by atoms with E-state index < -0.39 is 41.4 Å². The Bertz CT molecular complexity index is 2060. The van der Waals surface area contributed by atoms with Gasteiger partial charge in [-0.25, -0.2) is 4.79 Å². The van der Waals surface area contributed by atoms with E-state index >= 15 is 0 Å². The van der Waals surface area contributed by atoms with E-state index in [0.717, 1.165) is 17.5 Å². The Morgan fingerprint density at radius 2 is 1.64 bits per heavy atom. The van der Waals surface area contributed by atoms with Crippen LogP contribution in [0.1, 0.15) is 118 Å². The number of ether oxygens (including phenoxy) is 2. The molecule has 5 rings (SSSR count). The fourth-order valence-electron chi connectivity index (χ4n) is 8.12. The average Bonchev–Trinajstić information content (AvgIpc) is 3.73. The van der Waals surface area contributed by atoms with Gasteiger partial charge >= 0.3 is 5.97 Å². The first-order chi connectivity index (χ1) is 29.2. The molecule has 2 heterocycles. The van der Waals surface area contributed by atoms with E-state index in [-0.39, 0.29) is 43.3 Å². The highest BCUT2D eigenvalue weighted by molar-refractivity contribution is 6.39. The SMILES string of the molecule is CCC1CC(C(=O)Nc2cccc(C(=O)NCCOc3cccc(C(CCc4ccc(C)c(C)c4)OC(=O)C4CCCCN4C(=O)C(=O)C(N)(CC)CC)c3)c2)N(C(C)=O)C1. The molecule has 2 saturated heterocycles. The fraction of sp³-hybridized carbons (Fsp3) is 0.500. The molecule has 2 aliphatic rings. The van der Waals surface area contributed by atoms with Crippen molar-refractivity contribution in [1.82, 2.24) is 15.1 Å². The van der Waals surface area contributed by atoms with Crippen LogP contribution in [0.5, 0.6) is 5.75 Å². The number of nitrogens with two attached hydrogens (primary N) is 1. The van der Waals surface area contributed by atoms with Crippen molar-refractivity contribution in [1.29, 1.82) is 0 Å². The number of carbonyl (C=O) groups excluding carboxylic acids is 6. The van der Waals surface area contributed by atoms with Crippen LogP contribution < -0.4 is 21.1 Å². The molecule has 0 aliphatic carbocycles. The van der Waals surface area contributed by atoms with Gasteiger partial charge in [0.15, 0.2) is 0 Å². The molecule has 13 nitrogen and oxygen atoms in total. The third kappa shape index (κ3) is 11.8. The van der Waals surface area contributed by atoms with Crippen LogP contribution in [-0.2, 0) is 35.1 Å². The second kappa shape index (κ2) is 21.3. The number of aryl methyl sites for hydroxylation is 3. The Kier molecular flexibility index (Phi) is 16.2. The Morgan fingerprint density at radius 3 is 2.34 bits per heavy atom. The lowest BCUT2D eigenvalue weighted by Gasteiger charge is -2.36. The van der Waals surface area contributed by atoms with Crippen LogP contribution in [0.15, 0.2) is 66.7 Å². The first kappa shape index (κ1) is 46.5. The van der Waals surface area contributed by atoms with Crippen LogP contribution in [0.2, 0.25) is 0 Å². The Morgan fingerprint density at radius 1 is 0.885 bits per heavy atom. The molecule has 2 fully saturated rings. The summed E-state index contributed by atoms with van der Waals surface area (Å²) in [5.41, 5.74) is 10.00. The molecule has 328 valence electrons. The second-order valence-electron chi connectivity index (χ2n) is 16.5. The summed E-state index contributed by atoms with van der Waals surface area (Å²) in [6.45, 7) is 12.3. The zero-order valence-corrected chi connectivity index (χ0v) is 36.6. The number of hydrogen-bond donors (Lipinski definition) is 3. The summed E-state index contributed by atoms with van der Waals surface area (Å²) in [6, 6.07) is 18.7. The Balaban J connectivity index is 1.23. The van der Waals surface area contributed by atoms with Gasteiger partial charge in [-0.1, -0.05) is 63.6 Å². The van der Waals surface area contributed by atoms with E-state index in [4.69, 9.17) is 15.2 Å². The molecular formula is C48H63N5O8. The Labute approximate surface area is 360 Å². The van der Waals surface area contributed by atoms with E-state index in [1.807, 2.05) is 25.1 Å². The molecule has 3 aromatic rings. The molecule has 0 saturated carbocycles. The summed E-state index contributed by atoms with van der Waals surface area (Å²) in [5.74, 6) is -1.97. The van der Waals surface area contributed by atoms with Crippen LogP contribution in [0.25, 0.3) is 0 Å². The van der Waals surface area contributed by atoms with Gasteiger partial charge in [0.25, 0.3) is 11.8 Å². The molecule has 3 aromatic carbocycles. The second-order valence-corrected chi connectivity index (χ2v) is 16.5. The first-order valence-corrected chi connectivity index (χ1v) is 21.8. The van der Waals surface area contributed by atoms with Gasteiger partial charge < -0.3 is 35.6 Å². The van der Waals surface area contributed by atoms with Crippen molar-refractivity contribution in [2.45, 2.75) is 123 Å². The van der Waals surface area contributed by atoms with E-state index in [1.54, 1.807) is 49.1 Å². The van der Waals surface area contributed by atoms with Crippen molar-refractivity contribution in [3.63, 3.8) is 0 Å². The zero-order chi connectivity index (χ0) is 44.3.